The molecule has 0 bridgehead atoms. The van der Waals surface area contributed by atoms with Gasteiger partial charge in [-0.2, -0.15) is 0 Å². The van der Waals surface area contributed by atoms with Crippen molar-refractivity contribution in [1.29, 1.82) is 0 Å². The van der Waals surface area contributed by atoms with Crippen LogP contribution in [-0.2, 0) is 11.2 Å². The molecule has 0 N–H and O–H groups in total. The van der Waals surface area contributed by atoms with E-state index in [9.17, 15) is 4.79 Å². The number of rotatable bonds is 4. The SMILES string of the molecule is CCc1ccccc1N(C)C(=O)CC1C=CCCC1. The number of carbonyl (C=O) groups excluding carboxylic acids is 1. The molecule has 2 heteroatoms. The molecule has 0 saturated carbocycles. The minimum absolute atomic E-state index is 0.220. The normalized spacial score (nSPS) is 18.3. The van der Waals surface area contributed by atoms with Crippen LogP contribution in [0.25, 0.3) is 0 Å². The fourth-order valence-corrected chi connectivity index (χ4v) is 2.69. The number of hydrogen-bond donors (Lipinski definition) is 0. The van der Waals surface area contributed by atoms with Crippen LogP contribution in [0, 0.1) is 5.92 Å². The summed E-state index contributed by atoms with van der Waals surface area (Å²) in [5.41, 5.74) is 2.28. The summed E-state index contributed by atoms with van der Waals surface area (Å²) >= 11 is 0. The number of para-hydroxylation sites is 1. The summed E-state index contributed by atoms with van der Waals surface area (Å²) in [6, 6.07) is 8.16. The quantitative estimate of drug-likeness (QED) is 0.748. The zero-order valence-corrected chi connectivity index (χ0v) is 11.9. The van der Waals surface area contributed by atoms with Crippen molar-refractivity contribution in [2.45, 2.75) is 39.0 Å². The molecular formula is C17H23NO. The van der Waals surface area contributed by atoms with Gasteiger partial charge in [-0.3, -0.25) is 4.79 Å². The molecule has 1 atom stereocenters. The molecule has 1 aliphatic rings. The van der Waals surface area contributed by atoms with E-state index in [0.29, 0.717) is 12.3 Å². The van der Waals surface area contributed by atoms with Gasteiger partial charge in [-0.05, 0) is 43.2 Å². The first-order valence-corrected chi connectivity index (χ1v) is 7.23. The average Bonchev–Trinajstić information content (AvgIpc) is 2.47. The highest BCUT2D eigenvalue weighted by Crippen LogP contribution is 2.24. The van der Waals surface area contributed by atoms with Crippen molar-refractivity contribution in [3.63, 3.8) is 0 Å². The van der Waals surface area contributed by atoms with E-state index in [1.54, 1.807) is 0 Å². The first-order valence-electron chi connectivity index (χ1n) is 7.23. The maximum absolute atomic E-state index is 12.4. The molecule has 0 heterocycles. The number of benzene rings is 1. The van der Waals surface area contributed by atoms with Crippen LogP contribution in [0.15, 0.2) is 36.4 Å². The molecule has 1 aromatic rings. The van der Waals surface area contributed by atoms with Crippen LogP contribution in [0.1, 0.15) is 38.2 Å². The molecule has 0 radical (unpaired) electrons. The molecule has 0 saturated heterocycles. The van der Waals surface area contributed by atoms with Gasteiger partial charge in [-0.15, -0.1) is 0 Å². The molecule has 2 nitrogen and oxygen atoms in total. The maximum atomic E-state index is 12.4. The Morgan fingerprint density at radius 1 is 1.37 bits per heavy atom. The van der Waals surface area contributed by atoms with Gasteiger partial charge in [0.15, 0.2) is 0 Å². The monoisotopic (exact) mass is 257 g/mol. The third-order valence-electron chi connectivity index (χ3n) is 3.90. The summed E-state index contributed by atoms with van der Waals surface area (Å²) in [4.78, 5) is 14.2. The standard InChI is InChI=1S/C17H23NO/c1-3-15-11-7-8-12-16(15)18(2)17(19)13-14-9-5-4-6-10-14/h5,7-9,11-12,14H,3-4,6,10,13H2,1-2H3. The van der Waals surface area contributed by atoms with Crippen LogP contribution in [0.2, 0.25) is 0 Å². The Morgan fingerprint density at radius 3 is 2.84 bits per heavy atom. The van der Waals surface area contributed by atoms with Gasteiger partial charge in [0, 0.05) is 19.2 Å². The second-order valence-electron chi connectivity index (χ2n) is 5.26. The van der Waals surface area contributed by atoms with Crippen LogP contribution >= 0.6 is 0 Å². The summed E-state index contributed by atoms with van der Waals surface area (Å²) in [5, 5.41) is 0. The lowest BCUT2D eigenvalue weighted by Crippen LogP contribution is -2.29. The van der Waals surface area contributed by atoms with Gasteiger partial charge in [0.1, 0.15) is 0 Å². The second kappa shape index (κ2) is 6.55. The molecule has 19 heavy (non-hydrogen) atoms. The minimum atomic E-state index is 0.220. The van der Waals surface area contributed by atoms with Gasteiger partial charge < -0.3 is 4.90 Å². The minimum Gasteiger partial charge on any atom is -0.315 e. The lowest BCUT2D eigenvalue weighted by atomic mass is 9.92. The molecule has 0 spiro atoms. The first kappa shape index (κ1) is 13.9. The van der Waals surface area contributed by atoms with E-state index >= 15 is 0 Å². The number of carbonyl (C=O) groups is 1. The molecule has 0 aliphatic heterocycles. The predicted molar refractivity (Wildman–Crippen MR) is 80.3 cm³/mol. The molecule has 1 amide bonds. The number of nitrogens with zero attached hydrogens (tertiary/aromatic N) is 1. The lowest BCUT2D eigenvalue weighted by Gasteiger charge is -2.23. The summed E-state index contributed by atoms with van der Waals surface area (Å²) in [5.74, 6) is 0.648. The highest BCUT2D eigenvalue weighted by Gasteiger charge is 2.18. The summed E-state index contributed by atoms with van der Waals surface area (Å²) in [7, 11) is 1.89. The van der Waals surface area contributed by atoms with Crippen LogP contribution < -0.4 is 4.90 Å². The smallest absolute Gasteiger partial charge is 0.227 e. The Hall–Kier alpha value is -1.57. The average molecular weight is 257 g/mol. The topological polar surface area (TPSA) is 20.3 Å². The van der Waals surface area contributed by atoms with Crippen LogP contribution in [0.5, 0.6) is 0 Å². The van der Waals surface area contributed by atoms with Crippen molar-refractivity contribution in [2.75, 3.05) is 11.9 Å². The third-order valence-corrected chi connectivity index (χ3v) is 3.90. The van der Waals surface area contributed by atoms with Crippen molar-refractivity contribution >= 4 is 11.6 Å². The Balaban J connectivity index is 2.05. The highest BCUT2D eigenvalue weighted by atomic mass is 16.2. The summed E-state index contributed by atoms with van der Waals surface area (Å²) in [6.45, 7) is 2.13. The zero-order chi connectivity index (χ0) is 13.7. The van der Waals surface area contributed by atoms with Gasteiger partial charge in [0.25, 0.3) is 0 Å². The fourth-order valence-electron chi connectivity index (χ4n) is 2.69. The van der Waals surface area contributed by atoms with Gasteiger partial charge in [0.2, 0.25) is 5.91 Å². The maximum Gasteiger partial charge on any atom is 0.227 e. The van der Waals surface area contributed by atoms with Crippen molar-refractivity contribution in [1.82, 2.24) is 0 Å². The molecule has 0 aromatic heterocycles. The molecule has 2 rings (SSSR count). The van der Waals surface area contributed by atoms with Crippen LogP contribution in [-0.4, -0.2) is 13.0 Å². The van der Waals surface area contributed by atoms with E-state index in [2.05, 4.69) is 25.1 Å². The van der Waals surface area contributed by atoms with E-state index < -0.39 is 0 Å². The molecule has 0 fully saturated rings. The number of aryl methyl sites for hydroxylation is 1. The molecule has 1 unspecified atom stereocenters. The molecule has 1 aliphatic carbocycles. The first-order chi connectivity index (χ1) is 9.22. The number of allylic oxidation sites excluding steroid dienone is 2. The summed E-state index contributed by atoms with van der Waals surface area (Å²) < 4.78 is 0. The molecule has 1 aromatic carbocycles. The van der Waals surface area contributed by atoms with Crippen molar-refractivity contribution in [3.05, 3.63) is 42.0 Å². The Labute approximate surface area is 116 Å². The Bertz CT molecular complexity index is 464. The van der Waals surface area contributed by atoms with Gasteiger partial charge in [-0.1, -0.05) is 37.3 Å². The zero-order valence-electron chi connectivity index (χ0n) is 11.9. The number of hydrogen-bond acceptors (Lipinski definition) is 1. The number of anilines is 1. The Morgan fingerprint density at radius 2 is 2.16 bits per heavy atom. The Kier molecular flexibility index (Phi) is 4.78. The van der Waals surface area contributed by atoms with Gasteiger partial charge >= 0.3 is 0 Å². The van der Waals surface area contributed by atoms with Crippen LogP contribution in [0.3, 0.4) is 0 Å². The van der Waals surface area contributed by atoms with E-state index in [1.807, 2.05) is 30.1 Å². The van der Waals surface area contributed by atoms with Gasteiger partial charge in [-0.25, -0.2) is 0 Å². The largest absolute Gasteiger partial charge is 0.315 e. The van der Waals surface area contributed by atoms with Crippen molar-refractivity contribution in [2.24, 2.45) is 5.92 Å². The lowest BCUT2D eigenvalue weighted by molar-refractivity contribution is -0.119. The predicted octanol–water partition coefficient (Wildman–Crippen LogP) is 3.96. The molecule has 102 valence electrons. The van der Waals surface area contributed by atoms with E-state index in [-0.39, 0.29) is 5.91 Å². The summed E-state index contributed by atoms with van der Waals surface area (Å²) in [6.07, 6.45) is 9.53. The number of amides is 1. The third kappa shape index (κ3) is 3.46. The van der Waals surface area contributed by atoms with E-state index in [4.69, 9.17) is 0 Å². The van der Waals surface area contributed by atoms with Gasteiger partial charge in [0.05, 0.1) is 0 Å². The fraction of sp³-hybridized carbons (Fsp3) is 0.471. The second-order valence-corrected chi connectivity index (χ2v) is 5.26. The highest BCUT2D eigenvalue weighted by molar-refractivity contribution is 5.93. The van der Waals surface area contributed by atoms with E-state index in [0.717, 1.165) is 18.5 Å². The van der Waals surface area contributed by atoms with Crippen molar-refractivity contribution in [3.8, 4) is 0 Å². The van der Waals surface area contributed by atoms with E-state index in [1.165, 1.54) is 18.4 Å². The molecular weight excluding hydrogens is 234 g/mol. The van der Waals surface area contributed by atoms with Crippen LogP contribution in [0.4, 0.5) is 5.69 Å². The van der Waals surface area contributed by atoms with Crippen molar-refractivity contribution < 1.29 is 4.79 Å².